The van der Waals surface area contributed by atoms with Crippen molar-refractivity contribution in [1.82, 2.24) is 14.6 Å². The average molecular weight is 294 g/mol. The van der Waals surface area contributed by atoms with E-state index >= 15 is 0 Å². The number of fused-ring (bicyclic) bond motifs is 1. The second kappa shape index (κ2) is 5.37. The van der Waals surface area contributed by atoms with E-state index in [0.717, 1.165) is 4.52 Å². The number of aliphatic hydroxyl groups is 3. The van der Waals surface area contributed by atoms with Gasteiger partial charge >= 0.3 is 0 Å². The highest BCUT2D eigenvalue weighted by atomic mass is 16.5. The summed E-state index contributed by atoms with van der Waals surface area (Å²) in [5.41, 5.74) is -0.00975. The number of nitrogens with zero attached hydrogens (tertiary/aromatic N) is 3. The van der Waals surface area contributed by atoms with Gasteiger partial charge in [0.2, 0.25) is 0 Å². The number of anilines is 1. The summed E-state index contributed by atoms with van der Waals surface area (Å²) in [6.45, 7) is -0.156. The summed E-state index contributed by atoms with van der Waals surface area (Å²) in [5, 5.41) is 35.4. The van der Waals surface area contributed by atoms with E-state index in [9.17, 15) is 20.1 Å². The zero-order chi connectivity index (χ0) is 15.0. The van der Waals surface area contributed by atoms with E-state index in [0.29, 0.717) is 5.65 Å². The van der Waals surface area contributed by atoms with Gasteiger partial charge in [0.25, 0.3) is 5.56 Å². The summed E-state index contributed by atoms with van der Waals surface area (Å²) in [4.78, 5) is 16.3. The summed E-state index contributed by atoms with van der Waals surface area (Å²) in [6, 6.07) is 3.28. The minimum absolute atomic E-state index is 0.0684. The van der Waals surface area contributed by atoms with Crippen LogP contribution in [-0.4, -0.2) is 61.1 Å². The van der Waals surface area contributed by atoms with Crippen molar-refractivity contribution < 1.29 is 20.1 Å². The number of aromatic nitrogens is 3. The molecule has 0 saturated carbocycles. The van der Waals surface area contributed by atoms with E-state index in [1.807, 2.05) is 0 Å². The van der Waals surface area contributed by atoms with Gasteiger partial charge in [-0.1, -0.05) is 0 Å². The van der Waals surface area contributed by atoms with Crippen molar-refractivity contribution in [2.24, 2.45) is 0 Å². The lowest BCUT2D eigenvalue weighted by Gasteiger charge is -2.35. The van der Waals surface area contributed by atoms with Crippen LogP contribution in [-0.2, 0) is 4.74 Å². The Bertz CT molecular complexity index is 705. The maximum Gasteiger partial charge on any atom is 0.297 e. The molecule has 9 nitrogen and oxygen atoms in total. The highest BCUT2D eigenvalue weighted by Crippen LogP contribution is 2.16. The molecule has 1 saturated heterocycles. The second-order valence-corrected chi connectivity index (χ2v) is 4.72. The van der Waals surface area contributed by atoms with Gasteiger partial charge in [-0.15, -0.1) is 0 Å². The molecule has 1 aliphatic heterocycles. The molecule has 3 heterocycles. The quantitative estimate of drug-likeness (QED) is 0.497. The SMILES string of the molecule is O=c1c(NC2OC[C@H](O)[C@H](O)[C@H]2O)cnc2cccnn12. The van der Waals surface area contributed by atoms with Crippen molar-refractivity contribution in [2.75, 3.05) is 11.9 Å². The molecule has 0 spiro atoms. The van der Waals surface area contributed by atoms with Crippen molar-refractivity contribution in [3.63, 3.8) is 0 Å². The van der Waals surface area contributed by atoms with Crippen molar-refractivity contribution in [2.45, 2.75) is 24.5 Å². The summed E-state index contributed by atoms with van der Waals surface area (Å²) in [7, 11) is 0. The molecule has 112 valence electrons. The molecular weight excluding hydrogens is 280 g/mol. The highest BCUT2D eigenvalue weighted by Gasteiger charge is 2.37. The first-order valence-corrected chi connectivity index (χ1v) is 6.33. The molecule has 0 aromatic carbocycles. The van der Waals surface area contributed by atoms with Crippen LogP contribution in [0.5, 0.6) is 0 Å². The van der Waals surface area contributed by atoms with Gasteiger partial charge in [-0.25, -0.2) is 4.98 Å². The minimum atomic E-state index is -1.38. The van der Waals surface area contributed by atoms with Crippen LogP contribution >= 0.6 is 0 Å². The Hall–Kier alpha value is -2.07. The van der Waals surface area contributed by atoms with E-state index in [1.165, 1.54) is 12.4 Å². The number of hydrogen-bond acceptors (Lipinski definition) is 8. The van der Waals surface area contributed by atoms with Crippen LogP contribution in [0.4, 0.5) is 5.69 Å². The fourth-order valence-corrected chi connectivity index (χ4v) is 2.10. The smallest absolute Gasteiger partial charge is 0.297 e. The zero-order valence-electron chi connectivity index (χ0n) is 10.8. The number of ether oxygens (including phenoxy) is 1. The lowest BCUT2D eigenvalue weighted by atomic mass is 10.0. The molecule has 21 heavy (non-hydrogen) atoms. The van der Waals surface area contributed by atoms with Crippen LogP contribution in [0.1, 0.15) is 0 Å². The molecule has 9 heteroatoms. The van der Waals surface area contributed by atoms with Crippen LogP contribution in [0.2, 0.25) is 0 Å². The number of aliphatic hydroxyl groups excluding tert-OH is 3. The largest absolute Gasteiger partial charge is 0.388 e. The van der Waals surface area contributed by atoms with E-state index in [-0.39, 0.29) is 12.3 Å². The molecule has 0 radical (unpaired) electrons. The Labute approximate surface area is 118 Å². The van der Waals surface area contributed by atoms with Crippen LogP contribution in [0.25, 0.3) is 5.65 Å². The summed E-state index contributed by atoms with van der Waals surface area (Å²) < 4.78 is 6.28. The van der Waals surface area contributed by atoms with Gasteiger partial charge in [-0.2, -0.15) is 9.61 Å². The molecule has 0 bridgehead atoms. The lowest BCUT2D eigenvalue weighted by molar-refractivity contribution is -0.178. The Morgan fingerprint density at radius 3 is 2.95 bits per heavy atom. The van der Waals surface area contributed by atoms with Crippen LogP contribution in [0.15, 0.2) is 29.3 Å². The molecule has 0 amide bonds. The molecule has 0 aliphatic carbocycles. The highest BCUT2D eigenvalue weighted by molar-refractivity contribution is 5.46. The molecule has 4 atom stereocenters. The van der Waals surface area contributed by atoms with Gasteiger partial charge in [0.15, 0.2) is 11.9 Å². The van der Waals surface area contributed by atoms with Crippen LogP contribution < -0.4 is 10.9 Å². The number of hydrogen-bond donors (Lipinski definition) is 4. The van der Waals surface area contributed by atoms with E-state index in [2.05, 4.69) is 15.4 Å². The standard InChI is InChI=1S/C12H14N4O5/c17-7-5-21-11(10(19)9(7)18)15-6-4-13-8-2-1-3-14-16(8)12(6)20/h1-4,7,9-11,15,17-19H,5H2/t7-,9-,10+,11?/m0/s1. The maximum absolute atomic E-state index is 12.2. The molecular formula is C12H14N4O5. The first-order valence-electron chi connectivity index (χ1n) is 6.33. The van der Waals surface area contributed by atoms with Crippen LogP contribution in [0, 0.1) is 0 Å². The monoisotopic (exact) mass is 294 g/mol. The van der Waals surface area contributed by atoms with Gasteiger partial charge < -0.3 is 25.4 Å². The first-order chi connectivity index (χ1) is 10.1. The molecule has 2 aromatic heterocycles. The fourth-order valence-electron chi connectivity index (χ4n) is 2.10. The molecule has 1 fully saturated rings. The topological polar surface area (TPSA) is 129 Å². The van der Waals surface area contributed by atoms with Gasteiger partial charge in [-0.3, -0.25) is 4.79 Å². The Morgan fingerprint density at radius 1 is 1.33 bits per heavy atom. The molecule has 2 aromatic rings. The van der Waals surface area contributed by atoms with Gasteiger partial charge in [0.05, 0.1) is 12.8 Å². The van der Waals surface area contributed by atoms with Crippen molar-refractivity contribution in [3.8, 4) is 0 Å². The third-order valence-corrected chi connectivity index (χ3v) is 3.28. The lowest BCUT2D eigenvalue weighted by Crippen LogP contribution is -2.55. The molecule has 1 unspecified atom stereocenters. The Morgan fingerprint density at radius 2 is 2.14 bits per heavy atom. The van der Waals surface area contributed by atoms with Crippen LogP contribution in [0.3, 0.4) is 0 Å². The summed E-state index contributed by atoms with van der Waals surface area (Å²) in [5.74, 6) is 0. The molecule has 1 aliphatic rings. The average Bonchev–Trinajstić information content (AvgIpc) is 2.50. The maximum atomic E-state index is 12.2. The predicted octanol–water partition coefficient (Wildman–Crippen LogP) is -2.06. The molecule has 3 rings (SSSR count). The van der Waals surface area contributed by atoms with Gasteiger partial charge in [0, 0.05) is 6.20 Å². The predicted molar refractivity (Wildman–Crippen MR) is 70.6 cm³/mol. The first kappa shape index (κ1) is 13.9. The fraction of sp³-hybridized carbons (Fsp3) is 0.417. The third kappa shape index (κ3) is 2.47. The normalized spacial score (nSPS) is 29.5. The molecule has 4 N–H and O–H groups in total. The van der Waals surface area contributed by atoms with E-state index in [1.54, 1.807) is 12.1 Å². The third-order valence-electron chi connectivity index (χ3n) is 3.28. The van der Waals surface area contributed by atoms with E-state index < -0.39 is 30.1 Å². The zero-order valence-corrected chi connectivity index (χ0v) is 10.8. The van der Waals surface area contributed by atoms with Crippen molar-refractivity contribution in [3.05, 3.63) is 34.9 Å². The Balaban J connectivity index is 1.88. The Kier molecular flexibility index (Phi) is 3.55. The van der Waals surface area contributed by atoms with Gasteiger partial charge in [0.1, 0.15) is 24.0 Å². The number of rotatable bonds is 2. The summed E-state index contributed by atoms with van der Waals surface area (Å²) in [6.07, 6.45) is -2.18. The number of nitrogens with one attached hydrogen (secondary N) is 1. The van der Waals surface area contributed by atoms with Gasteiger partial charge in [-0.05, 0) is 12.1 Å². The minimum Gasteiger partial charge on any atom is -0.388 e. The van der Waals surface area contributed by atoms with E-state index in [4.69, 9.17) is 4.74 Å². The summed E-state index contributed by atoms with van der Waals surface area (Å²) >= 11 is 0. The van der Waals surface area contributed by atoms with Crippen molar-refractivity contribution in [1.29, 1.82) is 0 Å². The van der Waals surface area contributed by atoms with Crippen molar-refractivity contribution >= 4 is 11.3 Å². The second-order valence-electron chi connectivity index (χ2n) is 4.72.